The van der Waals surface area contributed by atoms with Gasteiger partial charge in [0.25, 0.3) is 5.56 Å². The molecule has 100 valence electrons. The molecule has 6 nitrogen and oxygen atoms in total. The van der Waals surface area contributed by atoms with Gasteiger partial charge in [0, 0.05) is 13.1 Å². The SMILES string of the molecule is Nc1cc2c(=O)[nH]cnc2cc1N1CCCC(O)C1. The first kappa shape index (κ1) is 12.0. The molecule has 0 amide bonds. The van der Waals surface area contributed by atoms with Crippen LogP contribution in [0, 0.1) is 0 Å². The molecule has 1 fully saturated rings. The van der Waals surface area contributed by atoms with Crippen molar-refractivity contribution >= 4 is 22.3 Å². The van der Waals surface area contributed by atoms with E-state index < -0.39 is 0 Å². The third-order valence-electron chi connectivity index (χ3n) is 3.53. The molecule has 1 aliphatic heterocycles. The van der Waals surface area contributed by atoms with Crippen LogP contribution in [0.4, 0.5) is 11.4 Å². The van der Waals surface area contributed by atoms with Crippen LogP contribution >= 0.6 is 0 Å². The van der Waals surface area contributed by atoms with Crippen LogP contribution in [-0.4, -0.2) is 34.3 Å². The highest BCUT2D eigenvalue weighted by Crippen LogP contribution is 2.29. The highest BCUT2D eigenvalue weighted by Gasteiger charge is 2.20. The van der Waals surface area contributed by atoms with Gasteiger partial charge in [-0.3, -0.25) is 4.79 Å². The summed E-state index contributed by atoms with van der Waals surface area (Å²) >= 11 is 0. The minimum absolute atomic E-state index is 0.193. The van der Waals surface area contributed by atoms with E-state index in [2.05, 4.69) is 9.97 Å². The van der Waals surface area contributed by atoms with Gasteiger partial charge < -0.3 is 20.7 Å². The van der Waals surface area contributed by atoms with E-state index in [0.717, 1.165) is 25.1 Å². The number of nitrogen functional groups attached to an aromatic ring is 1. The molecule has 1 atom stereocenters. The van der Waals surface area contributed by atoms with Gasteiger partial charge in [-0.2, -0.15) is 0 Å². The molecular formula is C13H16N4O2. The third-order valence-corrected chi connectivity index (χ3v) is 3.53. The molecule has 2 heterocycles. The number of nitrogens with zero attached hydrogens (tertiary/aromatic N) is 2. The zero-order valence-corrected chi connectivity index (χ0v) is 10.5. The molecule has 3 rings (SSSR count). The summed E-state index contributed by atoms with van der Waals surface area (Å²) in [7, 11) is 0. The normalized spacial score (nSPS) is 19.8. The molecular weight excluding hydrogens is 244 g/mol. The van der Waals surface area contributed by atoms with Crippen LogP contribution in [0.5, 0.6) is 0 Å². The van der Waals surface area contributed by atoms with Crippen molar-refractivity contribution in [2.75, 3.05) is 23.7 Å². The number of nitrogens with one attached hydrogen (secondary N) is 1. The van der Waals surface area contributed by atoms with Gasteiger partial charge in [-0.15, -0.1) is 0 Å². The average molecular weight is 260 g/mol. The van der Waals surface area contributed by atoms with E-state index in [1.165, 1.54) is 6.33 Å². The Morgan fingerprint density at radius 3 is 3.11 bits per heavy atom. The lowest BCUT2D eigenvalue weighted by Gasteiger charge is -2.32. The molecule has 2 aromatic rings. The number of aliphatic hydroxyl groups excluding tert-OH is 1. The number of fused-ring (bicyclic) bond motifs is 1. The maximum Gasteiger partial charge on any atom is 0.258 e. The Balaban J connectivity index is 2.09. The van der Waals surface area contributed by atoms with Gasteiger partial charge in [0.2, 0.25) is 0 Å². The van der Waals surface area contributed by atoms with Crippen molar-refractivity contribution in [3.05, 3.63) is 28.8 Å². The minimum Gasteiger partial charge on any atom is -0.397 e. The first-order valence-electron chi connectivity index (χ1n) is 6.35. The lowest BCUT2D eigenvalue weighted by atomic mass is 10.1. The van der Waals surface area contributed by atoms with Gasteiger partial charge in [0.15, 0.2) is 0 Å². The highest BCUT2D eigenvalue weighted by atomic mass is 16.3. The fourth-order valence-electron chi connectivity index (χ4n) is 2.57. The van der Waals surface area contributed by atoms with Gasteiger partial charge in [0.1, 0.15) is 0 Å². The third kappa shape index (κ3) is 2.15. The molecule has 1 saturated heterocycles. The zero-order valence-electron chi connectivity index (χ0n) is 10.5. The largest absolute Gasteiger partial charge is 0.397 e. The minimum atomic E-state index is -0.323. The molecule has 1 aromatic heterocycles. The molecule has 1 aromatic carbocycles. The Labute approximate surface area is 109 Å². The number of benzene rings is 1. The predicted molar refractivity (Wildman–Crippen MR) is 74.2 cm³/mol. The van der Waals surface area contributed by atoms with E-state index in [9.17, 15) is 9.90 Å². The van der Waals surface area contributed by atoms with Crippen LogP contribution in [0.2, 0.25) is 0 Å². The van der Waals surface area contributed by atoms with Crippen LogP contribution in [-0.2, 0) is 0 Å². The molecule has 1 unspecified atom stereocenters. The van der Waals surface area contributed by atoms with Crippen LogP contribution in [0.15, 0.2) is 23.3 Å². The topological polar surface area (TPSA) is 95.2 Å². The van der Waals surface area contributed by atoms with E-state index in [1.54, 1.807) is 6.07 Å². The number of nitrogens with two attached hydrogens (primary N) is 1. The number of aliphatic hydroxyl groups is 1. The summed E-state index contributed by atoms with van der Waals surface area (Å²) in [5, 5.41) is 10.2. The summed E-state index contributed by atoms with van der Waals surface area (Å²) in [6, 6.07) is 3.47. The Bertz CT molecular complexity index is 667. The number of H-pyrrole nitrogens is 1. The maximum absolute atomic E-state index is 11.7. The number of anilines is 2. The van der Waals surface area contributed by atoms with Crippen molar-refractivity contribution in [3.63, 3.8) is 0 Å². The molecule has 0 bridgehead atoms. The summed E-state index contributed by atoms with van der Waals surface area (Å²) in [6.07, 6.45) is 2.81. The highest BCUT2D eigenvalue weighted by molar-refractivity contribution is 5.88. The second-order valence-corrected chi connectivity index (χ2v) is 4.90. The predicted octanol–water partition coefficient (Wildman–Crippen LogP) is 0.466. The molecule has 6 heteroatoms. The molecule has 19 heavy (non-hydrogen) atoms. The van der Waals surface area contributed by atoms with Crippen LogP contribution < -0.4 is 16.2 Å². The average Bonchev–Trinajstić information content (AvgIpc) is 2.39. The molecule has 4 N–H and O–H groups in total. The Hall–Kier alpha value is -2.08. The number of aromatic amines is 1. The van der Waals surface area contributed by atoms with E-state index in [0.29, 0.717) is 23.1 Å². The second-order valence-electron chi connectivity index (χ2n) is 4.90. The zero-order chi connectivity index (χ0) is 13.4. The molecule has 0 aliphatic carbocycles. The summed E-state index contributed by atoms with van der Waals surface area (Å²) in [5.74, 6) is 0. The van der Waals surface area contributed by atoms with Crippen molar-refractivity contribution in [2.45, 2.75) is 18.9 Å². The molecule has 0 spiro atoms. The van der Waals surface area contributed by atoms with E-state index in [4.69, 9.17) is 5.73 Å². The summed E-state index contributed by atoms with van der Waals surface area (Å²) in [5.41, 5.74) is 7.83. The lowest BCUT2D eigenvalue weighted by Crippen LogP contribution is -2.38. The summed E-state index contributed by atoms with van der Waals surface area (Å²) in [6.45, 7) is 1.43. The van der Waals surface area contributed by atoms with Gasteiger partial charge in [-0.05, 0) is 25.0 Å². The molecule has 0 saturated carbocycles. The van der Waals surface area contributed by atoms with Crippen molar-refractivity contribution < 1.29 is 5.11 Å². The van der Waals surface area contributed by atoms with Crippen LogP contribution in [0.1, 0.15) is 12.8 Å². The van der Waals surface area contributed by atoms with Gasteiger partial charge in [-0.25, -0.2) is 4.98 Å². The van der Waals surface area contributed by atoms with Crippen LogP contribution in [0.3, 0.4) is 0 Å². The smallest absolute Gasteiger partial charge is 0.258 e. The fourth-order valence-corrected chi connectivity index (χ4v) is 2.57. The van der Waals surface area contributed by atoms with E-state index >= 15 is 0 Å². The molecule has 0 radical (unpaired) electrons. The number of β-amino-alcohol motifs (C(OH)–C–C–N with tert-alkyl or cyclic N) is 1. The first-order valence-corrected chi connectivity index (χ1v) is 6.35. The van der Waals surface area contributed by atoms with Gasteiger partial charge in [-0.1, -0.05) is 0 Å². The van der Waals surface area contributed by atoms with Crippen molar-refractivity contribution in [1.29, 1.82) is 0 Å². The summed E-state index contributed by atoms with van der Waals surface area (Å²) in [4.78, 5) is 20.4. The van der Waals surface area contributed by atoms with Crippen molar-refractivity contribution in [3.8, 4) is 0 Å². The number of piperidine rings is 1. The Kier molecular flexibility index (Phi) is 2.87. The van der Waals surface area contributed by atoms with Gasteiger partial charge >= 0.3 is 0 Å². The number of aromatic nitrogens is 2. The van der Waals surface area contributed by atoms with E-state index in [1.807, 2.05) is 11.0 Å². The standard InChI is InChI=1S/C13H16N4O2/c14-10-4-9-11(15-7-16-13(9)19)5-12(10)17-3-1-2-8(18)6-17/h4-5,7-8,18H,1-3,6,14H2,(H,15,16,19). The lowest BCUT2D eigenvalue weighted by molar-refractivity contribution is 0.154. The quantitative estimate of drug-likeness (QED) is 0.648. The summed E-state index contributed by atoms with van der Waals surface area (Å²) < 4.78 is 0. The fraction of sp³-hybridized carbons (Fsp3) is 0.385. The second kappa shape index (κ2) is 4.55. The maximum atomic E-state index is 11.7. The van der Waals surface area contributed by atoms with Crippen molar-refractivity contribution in [1.82, 2.24) is 9.97 Å². The number of hydrogen-bond donors (Lipinski definition) is 3. The Morgan fingerprint density at radius 2 is 2.32 bits per heavy atom. The van der Waals surface area contributed by atoms with Crippen molar-refractivity contribution in [2.24, 2.45) is 0 Å². The van der Waals surface area contributed by atoms with E-state index in [-0.39, 0.29) is 11.7 Å². The van der Waals surface area contributed by atoms with Crippen LogP contribution in [0.25, 0.3) is 10.9 Å². The van der Waals surface area contributed by atoms with Gasteiger partial charge in [0.05, 0.1) is 34.7 Å². The Morgan fingerprint density at radius 1 is 1.47 bits per heavy atom. The number of hydrogen-bond acceptors (Lipinski definition) is 5. The first-order chi connectivity index (χ1) is 9.15. The number of rotatable bonds is 1. The molecule has 1 aliphatic rings. The monoisotopic (exact) mass is 260 g/mol.